The van der Waals surface area contributed by atoms with Crippen molar-refractivity contribution in [3.63, 3.8) is 0 Å². The maximum Gasteiger partial charge on any atom is 0.320 e. The van der Waals surface area contributed by atoms with Crippen molar-refractivity contribution in [2.45, 2.75) is 31.7 Å². The van der Waals surface area contributed by atoms with Gasteiger partial charge in [0, 0.05) is 8.07 Å². The van der Waals surface area contributed by atoms with Gasteiger partial charge in [-0.1, -0.05) is 19.6 Å². The lowest BCUT2D eigenvalue weighted by molar-refractivity contribution is -0.138. The highest BCUT2D eigenvalue weighted by Crippen LogP contribution is 2.09. The molecule has 0 aliphatic carbocycles. The summed E-state index contributed by atoms with van der Waals surface area (Å²) in [5, 5.41) is 8.44. The fourth-order valence-electron chi connectivity index (χ4n) is 0.747. The Morgan fingerprint density at radius 2 is 2.00 bits per heavy atom. The Hall–Kier alpha value is -0.353. The number of carbonyl (C=O) groups is 1. The molecule has 0 aliphatic heterocycles. The van der Waals surface area contributed by atoms with Crippen molar-refractivity contribution in [2.24, 2.45) is 5.73 Å². The summed E-state index contributed by atoms with van der Waals surface area (Å²) in [7, 11) is -1.29. The number of hydrogen-bond donors (Lipinski definition) is 2. The third kappa shape index (κ3) is 4.52. The summed E-state index contributed by atoms with van der Waals surface area (Å²) >= 11 is 0. The van der Waals surface area contributed by atoms with Crippen LogP contribution in [0, 0.1) is 0 Å². The number of aliphatic carboxylic acids is 1. The van der Waals surface area contributed by atoms with Crippen LogP contribution in [0.1, 0.15) is 0 Å². The summed E-state index contributed by atoms with van der Waals surface area (Å²) in [5.74, 6) is -0.887. The summed E-state index contributed by atoms with van der Waals surface area (Å²) < 4.78 is 0. The Balaban J connectivity index is 3.80. The fourth-order valence-corrected chi connectivity index (χ4v) is 2.24. The van der Waals surface area contributed by atoms with E-state index in [-0.39, 0.29) is 0 Å². The van der Waals surface area contributed by atoms with Crippen molar-refractivity contribution in [1.29, 1.82) is 0 Å². The van der Waals surface area contributed by atoms with E-state index in [0.29, 0.717) is 6.04 Å². The zero-order valence-corrected chi connectivity index (χ0v) is 7.72. The van der Waals surface area contributed by atoms with E-state index in [9.17, 15) is 4.79 Å². The minimum absolute atomic E-state index is 0.655. The first kappa shape index (κ1) is 9.65. The largest absolute Gasteiger partial charge is 0.480 e. The second-order valence-electron chi connectivity index (χ2n) is 3.71. The Morgan fingerprint density at radius 1 is 1.60 bits per heavy atom. The van der Waals surface area contributed by atoms with Gasteiger partial charge in [-0.15, -0.1) is 0 Å². The van der Waals surface area contributed by atoms with Crippen LogP contribution < -0.4 is 5.73 Å². The Morgan fingerprint density at radius 3 is 2.10 bits per heavy atom. The molecule has 0 aliphatic rings. The van der Waals surface area contributed by atoms with Crippen LogP contribution in [0.25, 0.3) is 0 Å². The van der Waals surface area contributed by atoms with Crippen molar-refractivity contribution in [3.8, 4) is 0 Å². The van der Waals surface area contributed by atoms with Crippen LogP contribution in [0.5, 0.6) is 0 Å². The lowest BCUT2D eigenvalue weighted by Crippen LogP contribution is -2.37. The Bertz CT molecular complexity index is 130. The standard InChI is InChI=1S/C6H15NO2Si/c1-10(2,3)4-5(7)6(8)9/h5H,4,7H2,1-3H3,(H,8,9)/t5-/m1/s1. The van der Waals surface area contributed by atoms with Crippen LogP contribution in [0.3, 0.4) is 0 Å². The van der Waals surface area contributed by atoms with Gasteiger partial charge in [0.25, 0.3) is 0 Å². The molecule has 0 saturated heterocycles. The quantitative estimate of drug-likeness (QED) is 0.600. The predicted molar refractivity (Wildman–Crippen MR) is 43.8 cm³/mol. The molecule has 10 heavy (non-hydrogen) atoms. The van der Waals surface area contributed by atoms with Crippen LogP contribution in [-0.2, 0) is 4.79 Å². The van der Waals surface area contributed by atoms with Crippen LogP contribution in [0.4, 0.5) is 0 Å². The van der Waals surface area contributed by atoms with Gasteiger partial charge < -0.3 is 10.8 Å². The second-order valence-corrected chi connectivity index (χ2v) is 9.24. The van der Waals surface area contributed by atoms with Gasteiger partial charge in [0.05, 0.1) is 0 Å². The first-order valence-electron chi connectivity index (χ1n) is 3.31. The maximum absolute atomic E-state index is 10.3. The van der Waals surface area contributed by atoms with Gasteiger partial charge in [0.15, 0.2) is 0 Å². The van der Waals surface area contributed by atoms with E-state index in [1.54, 1.807) is 0 Å². The van der Waals surface area contributed by atoms with Crippen molar-refractivity contribution in [2.75, 3.05) is 0 Å². The topological polar surface area (TPSA) is 63.3 Å². The molecule has 3 N–H and O–H groups in total. The first-order valence-corrected chi connectivity index (χ1v) is 7.02. The molecule has 0 saturated carbocycles. The first-order chi connectivity index (χ1) is 4.33. The summed E-state index contributed by atoms with van der Waals surface area (Å²) in [6.45, 7) is 6.32. The minimum atomic E-state index is -1.29. The van der Waals surface area contributed by atoms with Gasteiger partial charge in [-0.3, -0.25) is 4.79 Å². The summed E-state index contributed by atoms with van der Waals surface area (Å²) in [4.78, 5) is 10.3. The number of carboxylic acids is 1. The van der Waals surface area contributed by atoms with E-state index in [4.69, 9.17) is 10.8 Å². The maximum atomic E-state index is 10.3. The summed E-state index contributed by atoms with van der Waals surface area (Å²) in [5.41, 5.74) is 5.34. The molecule has 0 aromatic carbocycles. The zero-order chi connectivity index (χ0) is 8.36. The van der Waals surface area contributed by atoms with Gasteiger partial charge >= 0.3 is 5.97 Å². The van der Waals surface area contributed by atoms with Gasteiger partial charge in [-0.2, -0.15) is 0 Å². The molecular formula is C6H15NO2Si. The normalized spacial score (nSPS) is 14.8. The fraction of sp³-hybridized carbons (Fsp3) is 0.833. The van der Waals surface area contributed by atoms with E-state index in [0.717, 1.165) is 0 Å². The van der Waals surface area contributed by atoms with Crippen LogP contribution in [0.15, 0.2) is 0 Å². The zero-order valence-electron chi connectivity index (χ0n) is 6.72. The smallest absolute Gasteiger partial charge is 0.320 e. The molecule has 0 spiro atoms. The van der Waals surface area contributed by atoms with Crippen LogP contribution in [-0.4, -0.2) is 25.2 Å². The molecule has 0 fully saturated rings. The van der Waals surface area contributed by atoms with E-state index in [1.807, 2.05) is 0 Å². The van der Waals surface area contributed by atoms with E-state index in [2.05, 4.69) is 19.6 Å². The second kappa shape index (κ2) is 3.16. The van der Waals surface area contributed by atoms with E-state index < -0.39 is 20.1 Å². The molecule has 0 heterocycles. The SMILES string of the molecule is C[Si](C)(C)C[C@@H](N)C(=O)O. The van der Waals surface area contributed by atoms with Gasteiger partial charge in [0.1, 0.15) is 6.04 Å². The molecule has 0 aromatic heterocycles. The number of hydrogen-bond acceptors (Lipinski definition) is 2. The predicted octanol–water partition coefficient (Wildman–Crippen LogP) is 0.736. The molecule has 0 radical (unpaired) electrons. The monoisotopic (exact) mass is 161 g/mol. The van der Waals surface area contributed by atoms with Gasteiger partial charge in [-0.25, -0.2) is 0 Å². The molecule has 0 aromatic rings. The van der Waals surface area contributed by atoms with Crippen molar-refractivity contribution < 1.29 is 9.90 Å². The molecule has 4 heteroatoms. The van der Waals surface area contributed by atoms with Crippen molar-refractivity contribution >= 4 is 14.0 Å². The van der Waals surface area contributed by atoms with Crippen molar-refractivity contribution in [1.82, 2.24) is 0 Å². The third-order valence-corrected chi connectivity index (χ3v) is 2.81. The lowest BCUT2D eigenvalue weighted by atomic mass is 10.4. The molecule has 3 nitrogen and oxygen atoms in total. The highest BCUT2D eigenvalue weighted by atomic mass is 28.3. The average molecular weight is 161 g/mol. The third-order valence-electron chi connectivity index (χ3n) is 1.15. The molecular weight excluding hydrogens is 146 g/mol. The van der Waals surface area contributed by atoms with E-state index >= 15 is 0 Å². The van der Waals surface area contributed by atoms with Gasteiger partial charge in [-0.05, 0) is 6.04 Å². The molecule has 60 valence electrons. The molecule has 1 atom stereocenters. The molecule has 0 amide bonds. The van der Waals surface area contributed by atoms with Gasteiger partial charge in [0.2, 0.25) is 0 Å². The molecule has 0 unspecified atom stereocenters. The Kier molecular flexibility index (Phi) is 3.05. The lowest BCUT2D eigenvalue weighted by Gasteiger charge is -2.17. The number of rotatable bonds is 3. The minimum Gasteiger partial charge on any atom is -0.480 e. The summed E-state index contributed by atoms with van der Waals surface area (Å²) in [6, 6.07) is -0.00540. The van der Waals surface area contributed by atoms with Crippen LogP contribution >= 0.6 is 0 Å². The number of carboxylic acid groups (broad SMARTS) is 1. The van der Waals surface area contributed by atoms with Crippen LogP contribution in [0.2, 0.25) is 25.7 Å². The van der Waals surface area contributed by atoms with Crippen molar-refractivity contribution in [3.05, 3.63) is 0 Å². The molecule has 0 bridgehead atoms. The number of nitrogens with two attached hydrogens (primary N) is 1. The van der Waals surface area contributed by atoms with E-state index in [1.165, 1.54) is 0 Å². The Labute approximate surface area is 62.2 Å². The average Bonchev–Trinajstić information content (AvgIpc) is 1.60. The molecule has 0 rings (SSSR count). The highest BCUT2D eigenvalue weighted by molar-refractivity contribution is 6.76. The summed E-state index contributed by atoms with van der Waals surface area (Å²) in [6.07, 6.45) is 0. The highest BCUT2D eigenvalue weighted by Gasteiger charge is 2.21.